The van der Waals surface area contributed by atoms with Crippen LogP contribution in [0.3, 0.4) is 0 Å². The third-order valence-corrected chi connectivity index (χ3v) is 3.58. The van der Waals surface area contributed by atoms with Crippen molar-refractivity contribution in [1.29, 1.82) is 0 Å². The van der Waals surface area contributed by atoms with E-state index in [1.807, 2.05) is 30.5 Å². The van der Waals surface area contributed by atoms with Crippen LogP contribution in [0.5, 0.6) is 17.2 Å². The van der Waals surface area contributed by atoms with Gasteiger partial charge in [0.25, 0.3) is 0 Å². The van der Waals surface area contributed by atoms with Crippen molar-refractivity contribution in [2.45, 2.75) is 0 Å². The van der Waals surface area contributed by atoms with Crippen molar-refractivity contribution in [2.24, 2.45) is 4.99 Å². The molecule has 2 aromatic carbocycles. The highest BCUT2D eigenvalue weighted by Crippen LogP contribution is 2.36. The number of benzene rings is 2. The molecular formula is C16H16N2O2S. The summed E-state index contributed by atoms with van der Waals surface area (Å²) in [4.78, 5) is 4.76. The van der Waals surface area contributed by atoms with Crippen molar-refractivity contribution < 1.29 is 9.84 Å². The summed E-state index contributed by atoms with van der Waals surface area (Å²) >= 11 is 1.56. The lowest BCUT2D eigenvalue weighted by Crippen LogP contribution is -1.91. The van der Waals surface area contributed by atoms with Crippen LogP contribution in [0.25, 0.3) is 4.91 Å². The first kappa shape index (κ1) is 15.0. The Balaban J connectivity index is 2.38. The maximum atomic E-state index is 9.64. The average molecular weight is 300 g/mol. The highest BCUT2D eigenvalue weighted by Gasteiger charge is 2.09. The van der Waals surface area contributed by atoms with E-state index in [4.69, 9.17) is 10.5 Å². The second kappa shape index (κ2) is 6.85. The fourth-order valence-corrected chi connectivity index (χ4v) is 2.36. The first-order valence-corrected chi connectivity index (χ1v) is 7.44. The van der Waals surface area contributed by atoms with E-state index in [-0.39, 0.29) is 5.75 Å². The maximum Gasteiger partial charge on any atom is 0.142 e. The molecule has 0 radical (unpaired) electrons. The minimum Gasteiger partial charge on any atom is -0.506 e. The molecule has 3 N–H and O–H groups in total. The molecule has 2 rings (SSSR count). The van der Waals surface area contributed by atoms with Gasteiger partial charge in [-0.15, -0.1) is 11.8 Å². The Morgan fingerprint density at radius 3 is 2.76 bits per heavy atom. The highest BCUT2D eigenvalue weighted by atomic mass is 32.2. The molecule has 0 unspecified atom stereocenters. The second-order valence-electron chi connectivity index (χ2n) is 4.20. The predicted octanol–water partition coefficient (Wildman–Crippen LogP) is 4.13. The van der Waals surface area contributed by atoms with E-state index in [9.17, 15) is 5.11 Å². The van der Waals surface area contributed by atoms with Crippen LogP contribution in [0.15, 0.2) is 53.7 Å². The van der Waals surface area contributed by atoms with Crippen molar-refractivity contribution in [1.82, 2.24) is 0 Å². The first-order valence-electron chi connectivity index (χ1n) is 6.21. The Hall–Kier alpha value is -2.40. The Morgan fingerprint density at radius 1 is 1.33 bits per heavy atom. The number of hydrogen-bond donors (Lipinski definition) is 2. The topological polar surface area (TPSA) is 67.8 Å². The molecule has 0 aromatic heterocycles. The Kier molecular flexibility index (Phi) is 4.90. The third kappa shape index (κ3) is 3.58. The summed E-state index contributed by atoms with van der Waals surface area (Å²) in [5, 5.41) is 9.64. The van der Waals surface area contributed by atoms with Gasteiger partial charge < -0.3 is 15.6 Å². The van der Waals surface area contributed by atoms with Gasteiger partial charge in [0.1, 0.15) is 17.2 Å². The summed E-state index contributed by atoms with van der Waals surface area (Å²) < 4.78 is 5.84. The fraction of sp³-hybridized carbons (Fsp3) is 0.0625. The van der Waals surface area contributed by atoms with E-state index in [2.05, 4.69) is 11.7 Å². The lowest BCUT2D eigenvalue weighted by atomic mass is 10.2. The lowest BCUT2D eigenvalue weighted by Gasteiger charge is -2.12. The molecule has 108 valence electrons. The van der Waals surface area contributed by atoms with Crippen molar-refractivity contribution in [2.75, 3.05) is 12.0 Å². The number of nitrogen functional groups attached to an aromatic ring is 1. The molecule has 4 nitrogen and oxygen atoms in total. The number of anilines is 1. The molecule has 2 aromatic rings. The first-order chi connectivity index (χ1) is 10.2. The van der Waals surface area contributed by atoms with Crippen LogP contribution in [0.1, 0.15) is 5.56 Å². The van der Waals surface area contributed by atoms with Crippen LogP contribution in [-0.2, 0) is 0 Å². The van der Waals surface area contributed by atoms with Gasteiger partial charge in [0.05, 0.1) is 5.69 Å². The number of ether oxygens (including phenoxy) is 1. The van der Waals surface area contributed by atoms with Gasteiger partial charge in [0, 0.05) is 22.7 Å². The van der Waals surface area contributed by atoms with E-state index in [1.165, 1.54) is 6.07 Å². The molecule has 0 saturated carbocycles. The molecule has 0 spiro atoms. The van der Waals surface area contributed by atoms with E-state index in [0.29, 0.717) is 17.2 Å². The number of phenols is 1. The molecule has 0 heterocycles. The molecule has 5 heteroatoms. The van der Waals surface area contributed by atoms with E-state index in [1.54, 1.807) is 30.1 Å². The van der Waals surface area contributed by atoms with Gasteiger partial charge in [-0.3, -0.25) is 4.99 Å². The zero-order valence-corrected chi connectivity index (χ0v) is 12.4. The number of aliphatic imine (C=N–C) groups is 1. The summed E-state index contributed by atoms with van der Waals surface area (Å²) in [6.45, 7) is 3.48. The predicted molar refractivity (Wildman–Crippen MR) is 90.1 cm³/mol. The third-order valence-electron chi connectivity index (χ3n) is 2.81. The summed E-state index contributed by atoms with van der Waals surface area (Å²) in [6.07, 6.45) is 3.65. The smallest absolute Gasteiger partial charge is 0.142 e. The van der Waals surface area contributed by atoms with Crippen LogP contribution in [0.2, 0.25) is 0 Å². The number of nitrogens with zero attached hydrogens (tertiary/aromatic N) is 1. The van der Waals surface area contributed by atoms with Crippen LogP contribution in [0, 0.1) is 0 Å². The Morgan fingerprint density at radius 2 is 2.10 bits per heavy atom. The normalized spacial score (nSPS) is 11.2. The van der Waals surface area contributed by atoms with Gasteiger partial charge in [-0.25, -0.2) is 0 Å². The van der Waals surface area contributed by atoms with Crippen molar-refractivity contribution in [3.8, 4) is 17.2 Å². The number of rotatable bonds is 5. The highest BCUT2D eigenvalue weighted by molar-refractivity contribution is 8.07. The maximum absolute atomic E-state index is 9.64. The Labute approximate surface area is 128 Å². The van der Waals surface area contributed by atoms with Crippen molar-refractivity contribution >= 4 is 29.1 Å². The zero-order valence-electron chi connectivity index (χ0n) is 11.6. The van der Waals surface area contributed by atoms with Gasteiger partial charge in [-0.05, 0) is 31.2 Å². The van der Waals surface area contributed by atoms with E-state index in [0.717, 1.165) is 10.5 Å². The minimum atomic E-state index is -0.00151. The number of hydrogen-bond acceptors (Lipinski definition) is 5. The molecule has 0 bridgehead atoms. The minimum absolute atomic E-state index is 0.00151. The van der Waals surface area contributed by atoms with Gasteiger partial charge in [0.15, 0.2) is 0 Å². The van der Waals surface area contributed by atoms with Gasteiger partial charge in [-0.2, -0.15) is 0 Å². The van der Waals surface area contributed by atoms with Crippen molar-refractivity contribution in [3.05, 3.63) is 54.2 Å². The number of phenolic OH excluding ortho intramolecular Hbond substituents is 1. The van der Waals surface area contributed by atoms with Crippen LogP contribution in [0.4, 0.5) is 5.69 Å². The summed E-state index contributed by atoms with van der Waals surface area (Å²) in [7, 11) is 0. The molecule has 21 heavy (non-hydrogen) atoms. The van der Waals surface area contributed by atoms with E-state index >= 15 is 0 Å². The molecule has 0 amide bonds. The quantitative estimate of drug-likeness (QED) is 0.495. The SMILES string of the molecule is C=N/C=C(\SC)c1ccccc1Oc1ccc(N)c(O)c1. The van der Waals surface area contributed by atoms with Crippen LogP contribution in [-0.4, -0.2) is 18.1 Å². The van der Waals surface area contributed by atoms with Crippen LogP contribution < -0.4 is 10.5 Å². The lowest BCUT2D eigenvalue weighted by molar-refractivity contribution is 0.456. The van der Waals surface area contributed by atoms with Gasteiger partial charge in [0.2, 0.25) is 0 Å². The zero-order chi connectivity index (χ0) is 15.2. The molecular weight excluding hydrogens is 284 g/mol. The summed E-state index contributed by atoms with van der Waals surface area (Å²) in [5.41, 5.74) is 6.81. The fourth-order valence-electron chi connectivity index (χ4n) is 1.79. The average Bonchev–Trinajstić information content (AvgIpc) is 2.49. The Bertz CT molecular complexity index is 684. The van der Waals surface area contributed by atoms with Crippen molar-refractivity contribution in [3.63, 3.8) is 0 Å². The number of para-hydroxylation sites is 1. The summed E-state index contributed by atoms with van der Waals surface area (Å²) in [5.74, 6) is 1.19. The monoisotopic (exact) mass is 300 g/mol. The number of thioether (sulfide) groups is 1. The molecule has 0 aliphatic heterocycles. The standard InChI is InChI=1S/C16H16N2O2S/c1-18-10-16(21-2)12-5-3-4-6-15(12)20-11-7-8-13(17)14(19)9-11/h3-10,19H,1,17H2,2H3/b16-10-. The second-order valence-corrected chi connectivity index (χ2v) is 5.05. The molecule has 0 fully saturated rings. The molecule has 0 saturated heterocycles. The molecule has 0 aliphatic carbocycles. The largest absolute Gasteiger partial charge is 0.506 e. The summed E-state index contributed by atoms with van der Waals surface area (Å²) in [6, 6.07) is 12.4. The molecule has 0 atom stereocenters. The molecule has 0 aliphatic rings. The van der Waals surface area contributed by atoms with Gasteiger partial charge in [-0.1, -0.05) is 18.2 Å². The van der Waals surface area contributed by atoms with E-state index < -0.39 is 0 Å². The number of nitrogens with two attached hydrogens (primary N) is 1. The van der Waals surface area contributed by atoms with Gasteiger partial charge >= 0.3 is 0 Å². The number of aromatic hydroxyl groups is 1. The van der Waals surface area contributed by atoms with Crippen LogP contribution >= 0.6 is 11.8 Å².